The van der Waals surface area contributed by atoms with E-state index in [1.165, 1.54) is 151 Å². The van der Waals surface area contributed by atoms with Crippen LogP contribution in [-0.4, -0.2) is 4.57 Å². The number of nitrogens with zero attached hydrogens (tertiary/aromatic N) is 2. The maximum Gasteiger partial charge on any atom is 0.0541 e. The Morgan fingerprint density at radius 1 is 0.392 bits per heavy atom. The average molecular weight is 951 g/mol. The second kappa shape index (κ2) is 16.5. The topological polar surface area (TPSA) is 8.17 Å². The molecule has 0 saturated heterocycles. The Morgan fingerprint density at radius 2 is 0.959 bits per heavy atom. The molecule has 0 radical (unpaired) electrons. The highest BCUT2D eigenvalue weighted by atomic mass is 15.2. The van der Waals surface area contributed by atoms with E-state index in [4.69, 9.17) is 0 Å². The van der Waals surface area contributed by atoms with Crippen LogP contribution in [0, 0.1) is 23.7 Å². The van der Waals surface area contributed by atoms with Crippen molar-refractivity contribution in [2.24, 2.45) is 23.7 Å². The molecule has 4 atom stereocenters. The van der Waals surface area contributed by atoms with Crippen molar-refractivity contribution in [3.8, 4) is 50.2 Å². The summed E-state index contributed by atoms with van der Waals surface area (Å²) in [5, 5.41) is 5.24. The highest BCUT2D eigenvalue weighted by molar-refractivity contribution is 6.11. The van der Waals surface area contributed by atoms with Crippen molar-refractivity contribution in [1.82, 2.24) is 4.57 Å². The summed E-state index contributed by atoms with van der Waals surface area (Å²) in [5.74, 6) is 3.74. The lowest BCUT2D eigenvalue weighted by Crippen LogP contribution is -2.34. The first-order chi connectivity index (χ1) is 36.7. The zero-order chi connectivity index (χ0) is 48.5. The Morgan fingerprint density at radius 3 is 1.70 bits per heavy atom. The molecule has 0 amide bonds. The number of hydrogen-bond acceptors (Lipinski definition) is 1. The van der Waals surface area contributed by atoms with Crippen molar-refractivity contribution < 1.29 is 0 Å². The molecule has 4 bridgehead atoms. The van der Waals surface area contributed by atoms with Gasteiger partial charge < -0.3 is 9.47 Å². The zero-order valence-electron chi connectivity index (χ0n) is 41.8. The second-order valence-electron chi connectivity index (χ2n) is 22.5. The third-order valence-corrected chi connectivity index (χ3v) is 19.2. The number of aromatic nitrogens is 1. The lowest BCUT2D eigenvalue weighted by atomic mass is 9.66. The molecule has 4 unspecified atom stereocenters. The van der Waals surface area contributed by atoms with E-state index in [9.17, 15) is 0 Å². The van der Waals surface area contributed by atoms with E-state index in [0.29, 0.717) is 5.92 Å². The first kappa shape index (κ1) is 42.6. The van der Waals surface area contributed by atoms with Gasteiger partial charge >= 0.3 is 0 Å². The molecule has 2 nitrogen and oxygen atoms in total. The van der Waals surface area contributed by atoms with E-state index in [-0.39, 0.29) is 5.41 Å². The van der Waals surface area contributed by atoms with E-state index < -0.39 is 0 Å². The minimum Gasteiger partial charge on any atom is -0.309 e. The Hall–Kier alpha value is -7.94. The third kappa shape index (κ3) is 6.06. The fourth-order valence-corrected chi connectivity index (χ4v) is 16.4. The van der Waals surface area contributed by atoms with E-state index in [1.807, 2.05) is 0 Å². The monoisotopic (exact) mass is 950 g/mol. The highest BCUT2D eigenvalue weighted by Crippen LogP contribution is 2.77. The van der Waals surface area contributed by atoms with Gasteiger partial charge in [0.25, 0.3) is 0 Å². The van der Waals surface area contributed by atoms with Crippen LogP contribution in [0.4, 0.5) is 17.1 Å². The normalized spacial score (nSPS) is 21.4. The van der Waals surface area contributed by atoms with Crippen LogP contribution in [0.25, 0.3) is 82.8 Å². The molecule has 5 fully saturated rings. The Kier molecular flexibility index (Phi) is 9.51. The molecular weight excluding hydrogens is 893 g/mol. The van der Waals surface area contributed by atoms with Crippen LogP contribution in [0.1, 0.15) is 74.0 Å². The molecule has 1 spiro atoms. The van der Waals surface area contributed by atoms with Crippen molar-refractivity contribution >= 4 is 49.6 Å². The third-order valence-electron chi connectivity index (χ3n) is 19.2. The van der Waals surface area contributed by atoms with Gasteiger partial charge in [0, 0.05) is 38.6 Å². The highest BCUT2D eigenvalue weighted by Gasteiger charge is 2.70. The van der Waals surface area contributed by atoms with Crippen molar-refractivity contribution in [2.45, 2.75) is 62.7 Å². The molecule has 0 aliphatic heterocycles. The summed E-state index contributed by atoms with van der Waals surface area (Å²) in [6.45, 7) is 0. The predicted molar refractivity (Wildman–Crippen MR) is 309 cm³/mol. The molecule has 6 aliphatic carbocycles. The predicted octanol–water partition coefficient (Wildman–Crippen LogP) is 19.4. The van der Waals surface area contributed by atoms with Crippen molar-refractivity contribution in [2.75, 3.05) is 4.90 Å². The number of para-hydroxylation sites is 5. The van der Waals surface area contributed by atoms with Gasteiger partial charge in [-0.3, -0.25) is 0 Å². The summed E-state index contributed by atoms with van der Waals surface area (Å²) >= 11 is 0. The smallest absolute Gasteiger partial charge is 0.0541 e. The van der Waals surface area contributed by atoms with Crippen molar-refractivity contribution in [1.29, 1.82) is 0 Å². The van der Waals surface area contributed by atoms with Gasteiger partial charge in [-0.25, -0.2) is 0 Å². The van der Waals surface area contributed by atoms with Gasteiger partial charge in [0.05, 0.1) is 28.1 Å². The Labute approximate surface area is 434 Å². The minimum atomic E-state index is 0.121. The number of anilines is 3. The summed E-state index contributed by atoms with van der Waals surface area (Å²) in [6.07, 6.45) is 10.7. The van der Waals surface area contributed by atoms with Crippen LogP contribution < -0.4 is 4.90 Å². The number of hydrogen-bond donors (Lipinski definition) is 0. The number of fused-ring (bicyclic) bond motifs is 7. The van der Waals surface area contributed by atoms with E-state index in [0.717, 1.165) is 29.4 Å². The Bertz CT molecular complexity index is 4020. The van der Waals surface area contributed by atoms with Gasteiger partial charge in [-0.15, -0.1) is 0 Å². The lowest BCUT2D eigenvalue weighted by Gasteiger charge is -2.37. The molecule has 74 heavy (non-hydrogen) atoms. The maximum absolute atomic E-state index is 2.66. The molecule has 0 N–H and O–H groups in total. The summed E-state index contributed by atoms with van der Waals surface area (Å²) < 4.78 is 2.42. The van der Waals surface area contributed by atoms with Crippen molar-refractivity contribution in [3.63, 3.8) is 0 Å². The fourth-order valence-electron chi connectivity index (χ4n) is 16.4. The molecule has 10 aromatic carbocycles. The summed E-state index contributed by atoms with van der Waals surface area (Å²) in [5.41, 5.74) is 22.4. The van der Waals surface area contributed by atoms with E-state index >= 15 is 0 Å². The molecule has 1 heterocycles. The van der Waals surface area contributed by atoms with E-state index in [1.54, 1.807) is 11.1 Å². The second-order valence-corrected chi connectivity index (χ2v) is 22.5. The first-order valence-electron chi connectivity index (χ1n) is 27.7. The molecule has 17 rings (SSSR count). The molecule has 5 saturated carbocycles. The van der Waals surface area contributed by atoms with Gasteiger partial charge in [0.2, 0.25) is 0 Å². The van der Waals surface area contributed by atoms with Crippen LogP contribution in [0.2, 0.25) is 0 Å². The van der Waals surface area contributed by atoms with Gasteiger partial charge in [0.15, 0.2) is 0 Å². The van der Waals surface area contributed by atoms with Crippen molar-refractivity contribution in [3.05, 3.63) is 241 Å². The number of rotatable bonds is 8. The van der Waals surface area contributed by atoms with Gasteiger partial charge in [-0.1, -0.05) is 189 Å². The molecule has 11 aromatic rings. The van der Waals surface area contributed by atoms with Gasteiger partial charge in [-0.2, -0.15) is 0 Å². The molecular formula is C72H58N2. The average Bonchev–Trinajstić information content (AvgIpc) is 4.39. The van der Waals surface area contributed by atoms with Crippen LogP contribution in [0.15, 0.2) is 224 Å². The quantitative estimate of drug-likeness (QED) is 0.147. The van der Waals surface area contributed by atoms with E-state index in [2.05, 4.69) is 234 Å². The molecule has 1 aromatic heterocycles. The van der Waals surface area contributed by atoms with Crippen LogP contribution >= 0.6 is 0 Å². The van der Waals surface area contributed by atoms with Crippen LogP contribution in [-0.2, 0) is 5.41 Å². The molecule has 356 valence electrons. The number of benzene rings is 10. The first-order valence-corrected chi connectivity index (χ1v) is 27.7. The van der Waals surface area contributed by atoms with Gasteiger partial charge in [-0.05, 0) is 172 Å². The largest absolute Gasteiger partial charge is 0.309 e. The van der Waals surface area contributed by atoms with Crippen LogP contribution in [0.3, 0.4) is 0 Å². The summed E-state index contributed by atoms with van der Waals surface area (Å²) in [7, 11) is 0. The molecule has 2 heteroatoms. The standard InChI is InChI=1S/C72H58N2/c1-3-19-46(20-4-1)55-30-17-21-47-22-18-31-60(71(47)55)58-28-10-16-36-69(58)74(66-33-13-8-25-53(66)48-38-40-70-61(42-48)59-29-11-15-35-68(59)73(70)52-23-5-2-6-24-52)67-34-14-9-26-54(67)49-37-39-57-56-27-7-12-32-62(56)72(65(57)43-49)63-44-50-41-51(63)45-64(50)72/h2,5-18,21-40,42-43,46,50-51,63-64H,1,3-4,19-20,41,44-45H2. The van der Waals surface area contributed by atoms with Gasteiger partial charge in [0.1, 0.15) is 0 Å². The maximum atomic E-state index is 2.66. The summed E-state index contributed by atoms with van der Waals surface area (Å²) in [4.78, 5) is 2.63. The zero-order valence-corrected chi connectivity index (χ0v) is 41.8. The Balaban J connectivity index is 0.931. The fraction of sp³-hybridized carbons (Fsp3) is 0.194. The van der Waals surface area contributed by atoms with Crippen LogP contribution in [0.5, 0.6) is 0 Å². The lowest BCUT2D eigenvalue weighted by molar-refractivity contribution is 0.307. The molecule has 6 aliphatic rings. The SMILES string of the molecule is c1ccc(-n2c3ccccc3c3cc(-c4ccccc4N(c4ccccc4-c4ccc5c(c4)C4(c6ccccc6-5)C5CC6CC5CC64)c4ccccc4-c4cccc5cccc(C6CCCCC6)c45)ccc32)cc1. The minimum absolute atomic E-state index is 0.121. The summed E-state index contributed by atoms with van der Waals surface area (Å²) in [6, 6.07) is 85.8.